The molecular weight excluding hydrogens is 288 g/mol. The Morgan fingerprint density at radius 1 is 1.30 bits per heavy atom. The van der Waals surface area contributed by atoms with Gasteiger partial charge in [0.1, 0.15) is 12.7 Å². The largest absolute Gasteiger partial charge is 0.498 e. The molecule has 0 saturated heterocycles. The molecule has 1 heterocycles. The summed E-state index contributed by atoms with van der Waals surface area (Å²) < 4.78 is 7.26. The lowest BCUT2D eigenvalue weighted by molar-refractivity contribution is -0.703. The molecule has 0 radical (unpaired) electrons. The maximum atomic E-state index is 9.98. The third-order valence-electron chi connectivity index (χ3n) is 3.11. The molecule has 0 spiro atoms. The Morgan fingerprint density at radius 3 is 2.65 bits per heavy atom. The summed E-state index contributed by atoms with van der Waals surface area (Å²) in [5.74, 6) is 0. The van der Waals surface area contributed by atoms with Crippen LogP contribution < -0.4 is 4.57 Å². The van der Waals surface area contributed by atoms with Gasteiger partial charge in [0.25, 0.3) is 0 Å². The normalized spacial score (nSPS) is 12.8. The maximum absolute atomic E-state index is 9.98. The van der Waals surface area contributed by atoms with Gasteiger partial charge in [-0.15, -0.1) is 13.2 Å². The Balaban J connectivity index is 2.40. The minimum atomic E-state index is -0.593. The summed E-state index contributed by atoms with van der Waals surface area (Å²) >= 11 is 0. The minimum absolute atomic E-state index is 0.212. The monoisotopic (exact) mass is 313 g/mol. The number of nitrogens with one attached hydrogen (secondary N) is 1. The van der Waals surface area contributed by atoms with Crippen molar-refractivity contribution in [3.05, 3.63) is 79.4 Å². The molecule has 0 aromatic carbocycles. The Labute approximate surface area is 138 Å². The lowest BCUT2D eigenvalue weighted by Crippen LogP contribution is -2.40. The van der Waals surface area contributed by atoms with Gasteiger partial charge in [0.15, 0.2) is 18.9 Å². The Kier molecular flexibility index (Phi) is 9.01. The summed E-state index contributed by atoms with van der Waals surface area (Å²) in [4.78, 5) is 0. The SMILES string of the molecule is C=CCC(/C=C\OCC(O)C[n+]1ccc(CC=C)cc1)=C/C=N. The minimum Gasteiger partial charge on any atom is -0.498 e. The van der Waals surface area contributed by atoms with Crippen molar-refractivity contribution >= 4 is 6.21 Å². The van der Waals surface area contributed by atoms with Crippen LogP contribution in [0.2, 0.25) is 0 Å². The van der Waals surface area contributed by atoms with Crippen LogP contribution in [0.25, 0.3) is 0 Å². The van der Waals surface area contributed by atoms with Crippen molar-refractivity contribution in [1.82, 2.24) is 0 Å². The van der Waals surface area contributed by atoms with E-state index in [1.807, 2.05) is 35.2 Å². The number of pyridine rings is 1. The van der Waals surface area contributed by atoms with Crippen LogP contribution in [0.3, 0.4) is 0 Å². The zero-order valence-corrected chi connectivity index (χ0v) is 13.4. The van der Waals surface area contributed by atoms with Gasteiger partial charge in [-0.05, 0) is 36.1 Å². The third-order valence-corrected chi connectivity index (χ3v) is 3.11. The number of hydrogen-bond acceptors (Lipinski definition) is 3. The summed E-state index contributed by atoms with van der Waals surface area (Å²) in [6, 6.07) is 4.03. The maximum Gasteiger partial charge on any atom is 0.177 e. The molecule has 23 heavy (non-hydrogen) atoms. The fourth-order valence-electron chi connectivity index (χ4n) is 1.98. The van der Waals surface area contributed by atoms with Crippen LogP contribution in [0.1, 0.15) is 12.0 Å². The molecule has 0 fully saturated rings. The molecule has 0 aliphatic heterocycles. The van der Waals surface area contributed by atoms with Gasteiger partial charge in [-0.3, -0.25) is 0 Å². The quantitative estimate of drug-likeness (QED) is 0.217. The number of aliphatic hydroxyl groups excluding tert-OH is 1. The van der Waals surface area contributed by atoms with Gasteiger partial charge < -0.3 is 15.3 Å². The number of nitrogens with zero attached hydrogens (tertiary/aromatic N) is 1. The molecule has 0 aliphatic rings. The molecule has 0 saturated carbocycles. The molecule has 2 N–H and O–H groups in total. The zero-order valence-electron chi connectivity index (χ0n) is 13.4. The van der Waals surface area contributed by atoms with Gasteiger partial charge in [0.05, 0.1) is 6.26 Å². The van der Waals surface area contributed by atoms with E-state index in [9.17, 15) is 5.11 Å². The third kappa shape index (κ3) is 7.93. The molecule has 0 bridgehead atoms. The fraction of sp³-hybridized carbons (Fsp3) is 0.263. The summed E-state index contributed by atoms with van der Waals surface area (Å²) in [5.41, 5.74) is 2.12. The second-order valence-electron chi connectivity index (χ2n) is 5.09. The zero-order chi connectivity index (χ0) is 16.9. The highest BCUT2D eigenvalue weighted by Crippen LogP contribution is 2.03. The van der Waals surface area contributed by atoms with Gasteiger partial charge in [-0.25, -0.2) is 4.57 Å². The molecule has 1 unspecified atom stereocenters. The van der Waals surface area contributed by atoms with Crippen molar-refractivity contribution in [3.8, 4) is 0 Å². The Morgan fingerprint density at radius 2 is 2.04 bits per heavy atom. The van der Waals surface area contributed by atoms with E-state index >= 15 is 0 Å². The first kappa shape index (κ1) is 18.6. The van der Waals surface area contributed by atoms with Crippen LogP contribution in [-0.2, 0) is 17.7 Å². The summed E-state index contributed by atoms with van der Waals surface area (Å²) in [7, 11) is 0. The van der Waals surface area contributed by atoms with E-state index in [4.69, 9.17) is 10.1 Å². The highest BCUT2D eigenvalue weighted by Gasteiger charge is 2.10. The van der Waals surface area contributed by atoms with Gasteiger partial charge in [-0.2, -0.15) is 0 Å². The highest BCUT2D eigenvalue weighted by atomic mass is 16.5. The summed E-state index contributed by atoms with van der Waals surface area (Å²) in [6.45, 7) is 8.06. The average Bonchev–Trinajstić information content (AvgIpc) is 2.54. The predicted molar refractivity (Wildman–Crippen MR) is 93.3 cm³/mol. The van der Waals surface area contributed by atoms with Crippen molar-refractivity contribution < 1.29 is 14.4 Å². The van der Waals surface area contributed by atoms with Crippen LogP contribution in [-0.4, -0.2) is 24.0 Å². The highest BCUT2D eigenvalue weighted by molar-refractivity contribution is 5.69. The second kappa shape index (κ2) is 11.2. The van der Waals surface area contributed by atoms with Crippen LogP contribution in [0, 0.1) is 5.41 Å². The molecule has 1 aromatic heterocycles. The average molecular weight is 313 g/mol. The molecule has 122 valence electrons. The van der Waals surface area contributed by atoms with Crippen molar-refractivity contribution in [2.24, 2.45) is 0 Å². The van der Waals surface area contributed by atoms with Crippen LogP contribution >= 0.6 is 0 Å². The van der Waals surface area contributed by atoms with E-state index in [1.165, 1.54) is 11.8 Å². The Bertz CT molecular complexity index is 559. The van der Waals surface area contributed by atoms with Crippen molar-refractivity contribution in [3.63, 3.8) is 0 Å². The topological polar surface area (TPSA) is 57.2 Å². The van der Waals surface area contributed by atoms with Crippen LogP contribution in [0.5, 0.6) is 0 Å². The fourth-order valence-corrected chi connectivity index (χ4v) is 1.98. The van der Waals surface area contributed by atoms with Crippen molar-refractivity contribution in [2.45, 2.75) is 25.5 Å². The summed E-state index contributed by atoms with van der Waals surface area (Å²) in [5, 5.41) is 17.1. The molecule has 1 atom stereocenters. The molecular formula is C19H25N2O2+. The second-order valence-corrected chi connectivity index (χ2v) is 5.09. The van der Waals surface area contributed by atoms with Gasteiger partial charge in [0, 0.05) is 18.3 Å². The molecule has 0 amide bonds. The van der Waals surface area contributed by atoms with Crippen molar-refractivity contribution in [1.29, 1.82) is 5.41 Å². The van der Waals surface area contributed by atoms with E-state index in [2.05, 4.69) is 13.2 Å². The van der Waals surface area contributed by atoms with Gasteiger partial charge >= 0.3 is 0 Å². The lowest BCUT2D eigenvalue weighted by atomic mass is 10.2. The van der Waals surface area contributed by atoms with E-state index in [0.29, 0.717) is 13.0 Å². The van der Waals surface area contributed by atoms with E-state index in [0.717, 1.165) is 12.0 Å². The molecule has 1 rings (SSSR count). The first-order chi connectivity index (χ1) is 11.2. The van der Waals surface area contributed by atoms with E-state index < -0.39 is 6.10 Å². The smallest absolute Gasteiger partial charge is 0.177 e. The molecule has 4 nitrogen and oxygen atoms in total. The standard InChI is InChI=1S/C19H25N2O2/c1-3-5-17(7-11-20)10-14-23-16-19(22)15-21-12-8-18(6-4-2)9-13-21/h3-4,7-14,19-20,22H,1-2,5-6,15-16H2/q+1/b14-10-,17-7-,20-11?. The molecule has 1 aromatic rings. The number of rotatable bonds is 11. The van der Waals surface area contributed by atoms with Crippen molar-refractivity contribution in [2.75, 3.05) is 6.61 Å². The lowest BCUT2D eigenvalue weighted by Gasteiger charge is -2.07. The van der Waals surface area contributed by atoms with Crippen LogP contribution in [0.15, 0.2) is 73.8 Å². The first-order valence-electron chi connectivity index (χ1n) is 7.55. The Hall–Kier alpha value is -2.46. The number of aromatic nitrogens is 1. The van der Waals surface area contributed by atoms with Crippen LogP contribution in [0.4, 0.5) is 0 Å². The van der Waals surface area contributed by atoms with Gasteiger partial charge in [0.2, 0.25) is 0 Å². The number of hydrogen-bond donors (Lipinski definition) is 2. The van der Waals surface area contributed by atoms with E-state index in [-0.39, 0.29) is 6.61 Å². The number of allylic oxidation sites excluding steroid dienone is 5. The number of aliphatic hydroxyl groups is 1. The summed E-state index contributed by atoms with van der Waals surface area (Å²) in [6.07, 6.45) is 14.6. The van der Waals surface area contributed by atoms with E-state index in [1.54, 1.807) is 24.5 Å². The molecule has 0 aliphatic carbocycles. The van der Waals surface area contributed by atoms with Gasteiger partial charge in [-0.1, -0.05) is 12.2 Å². The molecule has 4 heteroatoms. The first-order valence-corrected chi connectivity index (χ1v) is 7.55. The number of ether oxygens (including phenoxy) is 1. The predicted octanol–water partition coefficient (Wildman–Crippen LogP) is 2.75.